The molecule has 1 saturated heterocycles. The van der Waals surface area contributed by atoms with Gasteiger partial charge in [0, 0.05) is 23.7 Å². The monoisotopic (exact) mass is 676 g/mol. The molecule has 0 aliphatic carbocycles. The number of rotatable bonds is 12. The highest BCUT2D eigenvalue weighted by molar-refractivity contribution is 7.86. The lowest BCUT2D eigenvalue weighted by Gasteiger charge is -2.31. The zero-order valence-corrected chi connectivity index (χ0v) is 27.9. The van der Waals surface area contributed by atoms with Crippen LogP contribution in [0.1, 0.15) is 29.5 Å². The molecule has 1 fully saturated rings. The van der Waals surface area contributed by atoms with Crippen molar-refractivity contribution >= 4 is 10.1 Å². The van der Waals surface area contributed by atoms with Crippen LogP contribution in [0.25, 0.3) is 22.6 Å². The second kappa shape index (κ2) is 15.3. The highest BCUT2D eigenvalue weighted by atomic mass is 32.2. The highest BCUT2D eigenvalue weighted by Crippen LogP contribution is 2.22. The number of nitriles is 1. The number of aromatic nitrogens is 4. The van der Waals surface area contributed by atoms with Crippen molar-refractivity contribution in [3.05, 3.63) is 124 Å². The van der Waals surface area contributed by atoms with Crippen molar-refractivity contribution in [3.63, 3.8) is 0 Å². The fourth-order valence-corrected chi connectivity index (χ4v) is 6.53. The third-order valence-electron chi connectivity index (χ3n) is 8.45. The maximum absolute atomic E-state index is 12.6. The first-order valence-corrected chi connectivity index (χ1v) is 17.5. The van der Waals surface area contributed by atoms with Gasteiger partial charge in [-0.2, -0.15) is 18.8 Å². The van der Waals surface area contributed by atoms with Crippen molar-refractivity contribution in [2.24, 2.45) is 5.92 Å². The van der Waals surface area contributed by atoms with E-state index in [1.165, 1.54) is 10.7 Å². The number of likely N-dealkylation sites (tertiary alicyclic amines) is 1. The van der Waals surface area contributed by atoms with Crippen molar-refractivity contribution in [1.82, 2.24) is 24.6 Å². The lowest BCUT2D eigenvalue weighted by molar-refractivity contribution is 0.127. The summed E-state index contributed by atoms with van der Waals surface area (Å²) >= 11 is 0. The van der Waals surface area contributed by atoms with Crippen LogP contribution in [-0.2, 0) is 20.8 Å². The first-order chi connectivity index (χ1) is 23.8. The van der Waals surface area contributed by atoms with Crippen molar-refractivity contribution in [3.8, 4) is 34.5 Å². The highest BCUT2D eigenvalue weighted by Gasteiger charge is 2.21. The van der Waals surface area contributed by atoms with Gasteiger partial charge in [-0.05, 0) is 80.7 Å². The predicted octanol–water partition coefficient (Wildman–Crippen LogP) is 5.09. The van der Waals surface area contributed by atoms with E-state index in [1.54, 1.807) is 60.9 Å². The summed E-state index contributed by atoms with van der Waals surface area (Å²) in [7, 11) is -3.76. The Bertz CT molecular complexity index is 2100. The Kier molecular flexibility index (Phi) is 10.5. The third-order valence-corrected chi connectivity index (χ3v) is 9.77. The fourth-order valence-electron chi connectivity index (χ4n) is 5.63. The molecule has 1 aliphatic rings. The van der Waals surface area contributed by atoms with Crippen molar-refractivity contribution < 1.29 is 17.3 Å². The largest absolute Gasteiger partial charge is 0.490 e. The van der Waals surface area contributed by atoms with Crippen molar-refractivity contribution in [2.75, 3.05) is 32.8 Å². The topological polar surface area (TPSA) is 140 Å². The summed E-state index contributed by atoms with van der Waals surface area (Å²) in [6.45, 7) is 5.06. The van der Waals surface area contributed by atoms with E-state index in [1.807, 2.05) is 37.3 Å². The standard InChI is InChI=1S/C37H36N6O5S/c1-27-8-10-34(11-9-27)49(45,46)48-19-18-42-16-14-28(15-17-42)26-47-33-23-39-37(40-24-33)32-7-3-5-30(21-32)25-43-36(44)13-12-35(41-43)31-6-2-4-29(20-31)22-38/h2-13,20-21,23-24,28H,14-19,25-26H2,1H3. The Labute approximate surface area is 285 Å². The van der Waals surface area contributed by atoms with Crippen molar-refractivity contribution in [2.45, 2.75) is 31.2 Å². The summed E-state index contributed by atoms with van der Waals surface area (Å²) in [4.78, 5) is 24.1. The lowest BCUT2D eigenvalue weighted by Crippen LogP contribution is -2.37. The molecular formula is C37H36N6O5S. The number of benzene rings is 3. The molecule has 0 saturated carbocycles. The average molecular weight is 677 g/mol. The molecule has 3 aromatic carbocycles. The number of piperidine rings is 1. The Balaban J connectivity index is 0.979. The summed E-state index contributed by atoms with van der Waals surface area (Å²) in [5.74, 6) is 1.50. The smallest absolute Gasteiger partial charge is 0.297 e. The van der Waals surface area contributed by atoms with Gasteiger partial charge in [0.25, 0.3) is 15.7 Å². The van der Waals surface area contributed by atoms with E-state index in [9.17, 15) is 18.5 Å². The molecule has 0 spiro atoms. The van der Waals surface area contributed by atoms with Crippen LogP contribution in [0, 0.1) is 24.2 Å². The van der Waals surface area contributed by atoms with Crippen LogP contribution in [0.2, 0.25) is 0 Å². The lowest BCUT2D eigenvalue weighted by atomic mass is 9.98. The number of nitrogens with zero attached hydrogens (tertiary/aromatic N) is 6. The molecule has 5 aromatic rings. The molecule has 0 atom stereocenters. The van der Waals surface area contributed by atoms with Gasteiger partial charge in [-0.3, -0.25) is 8.98 Å². The third kappa shape index (κ3) is 8.83. The quantitative estimate of drug-likeness (QED) is 0.164. The number of hydrogen-bond acceptors (Lipinski definition) is 10. The molecule has 0 bridgehead atoms. The number of aryl methyl sites for hydroxylation is 1. The van der Waals surface area contributed by atoms with Crippen LogP contribution >= 0.6 is 0 Å². The predicted molar refractivity (Wildman–Crippen MR) is 184 cm³/mol. The minimum absolute atomic E-state index is 0.117. The van der Waals surface area contributed by atoms with Crippen LogP contribution < -0.4 is 10.3 Å². The summed E-state index contributed by atoms with van der Waals surface area (Å²) in [5.41, 5.74) is 4.32. The minimum Gasteiger partial charge on any atom is -0.490 e. The van der Waals surface area contributed by atoms with Crippen LogP contribution in [0.15, 0.2) is 107 Å². The molecule has 12 heteroatoms. The molecular weight excluding hydrogens is 641 g/mol. The van der Waals surface area contributed by atoms with E-state index in [4.69, 9.17) is 8.92 Å². The van der Waals surface area contributed by atoms with Gasteiger partial charge in [0.2, 0.25) is 0 Å². The number of ether oxygens (including phenoxy) is 1. The zero-order valence-electron chi connectivity index (χ0n) is 27.1. The SMILES string of the molecule is Cc1ccc(S(=O)(=O)OCCN2CCC(COc3cnc(-c4cccc(Cn5nc(-c6cccc(C#N)c6)ccc5=O)c4)nc3)CC2)cc1. The molecule has 0 unspecified atom stereocenters. The second-order valence-electron chi connectivity index (χ2n) is 12.0. The average Bonchev–Trinajstić information content (AvgIpc) is 3.13. The van der Waals surface area contributed by atoms with Gasteiger partial charge in [0.05, 0.1) is 54.4 Å². The van der Waals surface area contributed by atoms with Crippen LogP contribution in [0.4, 0.5) is 0 Å². The van der Waals surface area contributed by atoms with Gasteiger partial charge in [-0.1, -0.05) is 48.0 Å². The molecule has 11 nitrogen and oxygen atoms in total. The summed E-state index contributed by atoms with van der Waals surface area (Å²) in [5, 5.41) is 13.8. The summed E-state index contributed by atoms with van der Waals surface area (Å²) in [6.07, 6.45) is 5.20. The van der Waals surface area contributed by atoms with Gasteiger partial charge in [0.1, 0.15) is 0 Å². The molecule has 0 radical (unpaired) electrons. The molecule has 0 N–H and O–H groups in total. The number of hydrogen-bond donors (Lipinski definition) is 0. The molecule has 2 aromatic heterocycles. The van der Waals surface area contributed by atoms with Crippen molar-refractivity contribution in [1.29, 1.82) is 5.26 Å². The molecule has 49 heavy (non-hydrogen) atoms. The van der Waals surface area contributed by atoms with E-state index < -0.39 is 10.1 Å². The normalized spacial score (nSPS) is 14.0. The summed E-state index contributed by atoms with van der Waals surface area (Å²) < 4.78 is 37.6. The minimum atomic E-state index is -3.76. The van der Waals surface area contributed by atoms with Gasteiger partial charge in [0.15, 0.2) is 11.6 Å². The van der Waals surface area contributed by atoms with Gasteiger partial charge in [-0.15, -0.1) is 0 Å². The molecule has 1 aliphatic heterocycles. The van der Waals surface area contributed by atoms with Crippen LogP contribution in [-0.4, -0.2) is 65.9 Å². The first-order valence-electron chi connectivity index (χ1n) is 16.1. The Morgan fingerprint density at radius 3 is 2.41 bits per heavy atom. The van der Waals surface area contributed by atoms with Gasteiger partial charge >= 0.3 is 0 Å². The van der Waals surface area contributed by atoms with Crippen LogP contribution in [0.3, 0.4) is 0 Å². The maximum atomic E-state index is 12.6. The Hall–Kier alpha value is -5.22. The molecule has 3 heterocycles. The molecule has 250 valence electrons. The Morgan fingerprint density at radius 2 is 1.65 bits per heavy atom. The van der Waals surface area contributed by atoms with Gasteiger partial charge < -0.3 is 9.64 Å². The van der Waals surface area contributed by atoms with E-state index in [-0.39, 0.29) is 23.6 Å². The van der Waals surface area contributed by atoms with E-state index in [2.05, 4.69) is 26.0 Å². The van der Waals surface area contributed by atoms with Gasteiger partial charge in [-0.25, -0.2) is 14.6 Å². The first kappa shape index (κ1) is 33.7. The Morgan fingerprint density at radius 1 is 0.918 bits per heavy atom. The molecule has 6 rings (SSSR count). The fraction of sp³-hybridized carbons (Fsp3) is 0.270. The van der Waals surface area contributed by atoms with E-state index >= 15 is 0 Å². The summed E-state index contributed by atoms with van der Waals surface area (Å²) in [6, 6.07) is 26.7. The maximum Gasteiger partial charge on any atom is 0.297 e. The second-order valence-corrected chi connectivity index (χ2v) is 13.7. The molecule has 0 amide bonds. The van der Waals surface area contributed by atoms with Crippen LogP contribution in [0.5, 0.6) is 5.75 Å². The zero-order chi connectivity index (χ0) is 34.2. The van der Waals surface area contributed by atoms with E-state index in [0.29, 0.717) is 41.9 Å². The van der Waals surface area contributed by atoms with E-state index in [0.717, 1.165) is 48.2 Å².